The van der Waals surface area contributed by atoms with Crippen LogP contribution in [-0.4, -0.2) is 45.0 Å². The molecule has 0 aliphatic heterocycles. The van der Waals surface area contributed by atoms with Gasteiger partial charge < -0.3 is 15.2 Å². The molecule has 0 radical (unpaired) electrons. The van der Waals surface area contributed by atoms with E-state index in [-0.39, 0.29) is 36.4 Å². The van der Waals surface area contributed by atoms with E-state index >= 15 is 0 Å². The predicted octanol–water partition coefficient (Wildman–Crippen LogP) is 1.34. The largest absolute Gasteiger partial charge is 0.349 e. The molecule has 10 heteroatoms. The van der Waals surface area contributed by atoms with Crippen molar-refractivity contribution in [3.05, 3.63) is 59.5 Å². The summed E-state index contributed by atoms with van der Waals surface area (Å²) < 4.78 is 4.95. The fourth-order valence-corrected chi connectivity index (χ4v) is 2.19. The molecule has 2 aromatic heterocycles. The van der Waals surface area contributed by atoms with E-state index in [2.05, 4.69) is 30.7 Å². The zero-order chi connectivity index (χ0) is 18.4. The van der Waals surface area contributed by atoms with Crippen LogP contribution in [0, 0.1) is 0 Å². The van der Waals surface area contributed by atoms with Gasteiger partial charge in [0.15, 0.2) is 0 Å². The quantitative estimate of drug-likeness (QED) is 0.626. The van der Waals surface area contributed by atoms with Gasteiger partial charge in [0.2, 0.25) is 5.82 Å². The van der Waals surface area contributed by atoms with Gasteiger partial charge in [0.05, 0.1) is 6.20 Å². The van der Waals surface area contributed by atoms with Gasteiger partial charge in [-0.25, -0.2) is 4.98 Å². The molecule has 2 N–H and O–H groups in total. The molecule has 3 aromatic rings. The molecule has 0 aliphatic rings. The molecule has 3 rings (SSSR count). The molecule has 0 spiro atoms. The second kappa shape index (κ2) is 8.17. The van der Waals surface area contributed by atoms with E-state index < -0.39 is 5.91 Å². The zero-order valence-electron chi connectivity index (χ0n) is 13.3. The van der Waals surface area contributed by atoms with Crippen molar-refractivity contribution in [2.45, 2.75) is 0 Å². The molecular formula is C16H13ClN6O3. The van der Waals surface area contributed by atoms with Gasteiger partial charge in [-0.05, 0) is 12.1 Å². The van der Waals surface area contributed by atoms with Gasteiger partial charge in [0.1, 0.15) is 5.69 Å². The van der Waals surface area contributed by atoms with Gasteiger partial charge in [0, 0.05) is 36.1 Å². The van der Waals surface area contributed by atoms with E-state index in [1.54, 1.807) is 24.3 Å². The maximum absolute atomic E-state index is 12.0. The van der Waals surface area contributed by atoms with Crippen molar-refractivity contribution in [2.75, 3.05) is 13.1 Å². The molecule has 132 valence electrons. The molecule has 0 saturated heterocycles. The second-order valence-electron chi connectivity index (χ2n) is 5.04. The molecular weight excluding hydrogens is 360 g/mol. The number of halogens is 1. The second-order valence-corrected chi connectivity index (χ2v) is 5.47. The van der Waals surface area contributed by atoms with E-state index in [0.717, 1.165) is 0 Å². The van der Waals surface area contributed by atoms with Crippen molar-refractivity contribution in [3.8, 4) is 11.4 Å². The van der Waals surface area contributed by atoms with Crippen LogP contribution in [0.5, 0.6) is 0 Å². The zero-order valence-corrected chi connectivity index (χ0v) is 14.1. The van der Waals surface area contributed by atoms with Gasteiger partial charge in [0.25, 0.3) is 5.91 Å². The standard InChI is InChI=1S/C16H13ClN6O3/c17-11-3-1-2-10(8-11)13-22-16(26-23-13)15(25)21-7-6-20-14(24)12-9-18-4-5-19-12/h1-5,8-9H,6-7H2,(H,20,24)(H,21,25). The van der Waals surface area contributed by atoms with Gasteiger partial charge in [-0.1, -0.05) is 28.9 Å². The molecule has 26 heavy (non-hydrogen) atoms. The number of benzene rings is 1. The first-order valence-electron chi connectivity index (χ1n) is 7.55. The van der Waals surface area contributed by atoms with Crippen molar-refractivity contribution in [1.82, 2.24) is 30.7 Å². The summed E-state index contributed by atoms with van der Waals surface area (Å²) in [6, 6.07) is 6.87. The highest BCUT2D eigenvalue weighted by Crippen LogP contribution is 2.19. The van der Waals surface area contributed by atoms with Gasteiger partial charge in [-0.15, -0.1) is 0 Å². The summed E-state index contributed by atoms with van der Waals surface area (Å²) in [5.41, 5.74) is 0.832. The lowest BCUT2D eigenvalue weighted by Crippen LogP contribution is -2.35. The van der Waals surface area contributed by atoms with Crippen LogP contribution in [-0.2, 0) is 0 Å². The third kappa shape index (κ3) is 4.39. The first-order valence-corrected chi connectivity index (χ1v) is 7.93. The molecule has 0 aliphatic carbocycles. The van der Waals surface area contributed by atoms with Crippen LogP contribution in [0.4, 0.5) is 0 Å². The first-order chi connectivity index (χ1) is 12.6. The lowest BCUT2D eigenvalue weighted by molar-refractivity contribution is 0.0897. The smallest absolute Gasteiger partial charge is 0.316 e. The van der Waals surface area contributed by atoms with E-state index in [9.17, 15) is 9.59 Å². The number of hydrogen-bond donors (Lipinski definition) is 2. The number of nitrogens with zero attached hydrogens (tertiary/aromatic N) is 4. The fraction of sp³-hybridized carbons (Fsp3) is 0.125. The minimum absolute atomic E-state index is 0.180. The summed E-state index contributed by atoms with van der Waals surface area (Å²) in [5, 5.41) is 9.45. The van der Waals surface area contributed by atoms with Crippen molar-refractivity contribution >= 4 is 23.4 Å². The monoisotopic (exact) mass is 372 g/mol. The highest BCUT2D eigenvalue weighted by molar-refractivity contribution is 6.30. The molecule has 0 unspecified atom stereocenters. The average molecular weight is 373 g/mol. The van der Waals surface area contributed by atoms with Crippen LogP contribution >= 0.6 is 11.6 Å². The lowest BCUT2D eigenvalue weighted by Gasteiger charge is -2.04. The summed E-state index contributed by atoms with van der Waals surface area (Å²) in [6.07, 6.45) is 4.24. The normalized spacial score (nSPS) is 10.3. The Labute approximate surface area is 152 Å². The van der Waals surface area contributed by atoms with E-state index in [1.165, 1.54) is 18.6 Å². The maximum Gasteiger partial charge on any atom is 0.316 e. The molecule has 0 saturated carbocycles. The van der Waals surface area contributed by atoms with E-state index in [4.69, 9.17) is 16.1 Å². The Morgan fingerprint density at radius 2 is 1.92 bits per heavy atom. The number of carbonyl (C=O) groups excluding carboxylic acids is 2. The molecule has 0 fully saturated rings. The van der Waals surface area contributed by atoms with Gasteiger partial charge >= 0.3 is 11.8 Å². The summed E-state index contributed by atoms with van der Waals surface area (Å²) in [5.74, 6) is -0.846. The SMILES string of the molecule is O=C(NCCNC(=O)c1nc(-c2cccc(Cl)c2)no1)c1cnccn1. The molecule has 2 heterocycles. The number of rotatable bonds is 6. The Morgan fingerprint density at radius 3 is 2.65 bits per heavy atom. The Balaban J connectivity index is 1.49. The van der Waals surface area contributed by atoms with Crippen LogP contribution in [0.3, 0.4) is 0 Å². The van der Waals surface area contributed by atoms with E-state index in [1.807, 2.05) is 0 Å². The average Bonchev–Trinajstić information content (AvgIpc) is 3.16. The van der Waals surface area contributed by atoms with Crippen molar-refractivity contribution in [3.63, 3.8) is 0 Å². The Morgan fingerprint density at radius 1 is 1.12 bits per heavy atom. The number of nitrogens with one attached hydrogen (secondary N) is 2. The maximum atomic E-state index is 12.0. The topological polar surface area (TPSA) is 123 Å². The third-order valence-corrected chi connectivity index (χ3v) is 3.43. The van der Waals surface area contributed by atoms with E-state index in [0.29, 0.717) is 10.6 Å². The molecule has 0 bridgehead atoms. The van der Waals surface area contributed by atoms with Crippen LogP contribution in [0.1, 0.15) is 21.2 Å². The van der Waals surface area contributed by atoms with Gasteiger partial charge in [-0.3, -0.25) is 14.6 Å². The predicted molar refractivity (Wildman–Crippen MR) is 91.4 cm³/mol. The number of hydrogen-bond acceptors (Lipinski definition) is 7. The van der Waals surface area contributed by atoms with Crippen LogP contribution in [0.25, 0.3) is 11.4 Å². The van der Waals surface area contributed by atoms with Crippen LogP contribution in [0.2, 0.25) is 5.02 Å². The van der Waals surface area contributed by atoms with Crippen LogP contribution in [0.15, 0.2) is 47.4 Å². The molecule has 0 atom stereocenters. The van der Waals surface area contributed by atoms with Crippen molar-refractivity contribution < 1.29 is 14.1 Å². The number of aromatic nitrogens is 4. The summed E-state index contributed by atoms with van der Waals surface area (Å²) in [7, 11) is 0. The molecule has 1 aromatic carbocycles. The summed E-state index contributed by atoms with van der Waals surface area (Å²) in [6.45, 7) is 0.385. The van der Waals surface area contributed by atoms with Crippen LogP contribution < -0.4 is 10.6 Å². The minimum Gasteiger partial charge on any atom is -0.349 e. The molecule has 9 nitrogen and oxygen atoms in total. The Kier molecular flexibility index (Phi) is 5.49. The number of carbonyl (C=O) groups is 2. The summed E-state index contributed by atoms with van der Waals surface area (Å²) >= 11 is 5.91. The third-order valence-electron chi connectivity index (χ3n) is 3.20. The fourth-order valence-electron chi connectivity index (χ4n) is 2.00. The minimum atomic E-state index is -0.542. The van der Waals surface area contributed by atoms with Gasteiger partial charge in [-0.2, -0.15) is 4.98 Å². The highest BCUT2D eigenvalue weighted by Gasteiger charge is 2.16. The number of amides is 2. The van der Waals surface area contributed by atoms with Crippen molar-refractivity contribution in [1.29, 1.82) is 0 Å². The first kappa shape index (κ1) is 17.5. The molecule has 2 amide bonds. The lowest BCUT2D eigenvalue weighted by atomic mass is 10.2. The highest BCUT2D eigenvalue weighted by atomic mass is 35.5. The van der Waals surface area contributed by atoms with Crippen molar-refractivity contribution in [2.24, 2.45) is 0 Å². The summed E-state index contributed by atoms with van der Waals surface area (Å²) in [4.78, 5) is 35.5. The Hall–Kier alpha value is -3.33. The Bertz CT molecular complexity index is 915.